The summed E-state index contributed by atoms with van der Waals surface area (Å²) in [7, 11) is 0. The van der Waals surface area contributed by atoms with Crippen molar-refractivity contribution in [3.8, 4) is 0 Å². The maximum absolute atomic E-state index is 5.96. The molecule has 1 heterocycles. The summed E-state index contributed by atoms with van der Waals surface area (Å²) in [6, 6.07) is 10.2. The van der Waals surface area contributed by atoms with E-state index in [1.54, 1.807) is 0 Å². The minimum Gasteiger partial charge on any atom is -0.493 e. The van der Waals surface area contributed by atoms with Crippen molar-refractivity contribution in [2.75, 3.05) is 13.2 Å². The van der Waals surface area contributed by atoms with Crippen molar-refractivity contribution in [2.24, 2.45) is 0 Å². The highest BCUT2D eigenvalue weighted by atomic mass is 16.7. The Kier molecular flexibility index (Phi) is 4.79. The van der Waals surface area contributed by atoms with Gasteiger partial charge in [0.1, 0.15) is 5.76 Å². The molecule has 18 heavy (non-hydrogen) atoms. The van der Waals surface area contributed by atoms with Gasteiger partial charge in [0.15, 0.2) is 0 Å². The molecule has 1 aromatic rings. The molecule has 0 spiro atoms. The van der Waals surface area contributed by atoms with Gasteiger partial charge in [-0.2, -0.15) is 0 Å². The van der Waals surface area contributed by atoms with Crippen molar-refractivity contribution < 1.29 is 14.2 Å². The number of ether oxygens (including phenoxy) is 3. The van der Waals surface area contributed by atoms with Gasteiger partial charge in [0.25, 0.3) is 0 Å². The topological polar surface area (TPSA) is 27.7 Å². The summed E-state index contributed by atoms with van der Waals surface area (Å²) < 4.78 is 17.1. The van der Waals surface area contributed by atoms with Crippen LogP contribution in [0, 0.1) is 0 Å². The standard InChI is InChI=1S/C15H20O3/c1-3-16-14-11-10-13(18-15(14)17-4-2)12-8-6-5-7-9-12/h5-9,11,13,15H,3-4,10H2,1-2H3/t13-,15+/m0/s1. The Bertz CT molecular complexity index is 386. The summed E-state index contributed by atoms with van der Waals surface area (Å²) in [4.78, 5) is 0. The lowest BCUT2D eigenvalue weighted by Crippen LogP contribution is -2.27. The Labute approximate surface area is 108 Å². The molecule has 98 valence electrons. The van der Waals surface area contributed by atoms with E-state index in [0.29, 0.717) is 13.2 Å². The third kappa shape index (κ3) is 3.12. The Balaban J connectivity index is 2.10. The fourth-order valence-electron chi connectivity index (χ4n) is 2.04. The summed E-state index contributed by atoms with van der Waals surface area (Å²) >= 11 is 0. The van der Waals surface area contributed by atoms with E-state index in [4.69, 9.17) is 14.2 Å². The van der Waals surface area contributed by atoms with Crippen LogP contribution in [0.1, 0.15) is 31.9 Å². The van der Waals surface area contributed by atoms with Crippen LogP contribution in [-0.4, -0.2) is 19.5 Å². The van der Waals surface area contributed by atoms with E-state index in [1.807, 2.05) is 32.0 Å². The van der Waals surface area contributed by atoms with Crippen LogP contribution in [-0.2, 0) is 14.2 Å². The van der Waals surface area contributed by atoms with Crippen molar-refractivity contribution in [1.82, 2.24) is 0 Å². The minimum absolute atomic E-state index is 0.0481. The highest BCUT2D eigenvalue weighted by Crippen LogP contribution is 2.31. The summed E-state index contributed by atoms with van der Waals surface area (Å²) in [6.07, 6.45) is 2.56. The second-order valence-corrected chi connectivity index (χ2v) is 4.10. The van der Waals surface area contributed by atoms with E-state index in [-0.39, 0.29) is 12.4 Å². The van der Waals surface area contributed by atoms with Crippen molar-refractivity contribution in [3.05, 3.63) is 47.7 Å². The van der Waals surface area contributed by atoms with E-state index in [9.17, 15) is 0 Å². The third-order valence-electron chi connectivity index (χ3n) is 2.85. The van der Waals surface area contributed by atoms with Gasteiger partial charge in [0.2, 0.25) is 6.29 Å². The molecule has 3 heteroatoms. The summed E-state index contributed by atoms with van der Waals surface area (Å²) in [6.45, 7) is 5.16. The molecule has 2 atom stereocenters. The van der Waals surface area contributed by atoms with E-state index >= 15 is 0 Å². The zero-order valence-electron chi connectivity index (χ0n) is 11.0. The first kappa shape index (κ1) is 13.1. The van der Waals surface area contributed by atoms with Crippen molar-refractivity contribution in [1.29, 1.82) is 0 Å². The van der Waals surface area contributed by atoms with Gasteiger partial charge >= 0.3 is 0 Å². The summed E-state index contributed by atoms with van der Waals surface area (Å²) in [5, 5.41) is 0. The van der Waals surface area contributed by atoms with Crippen molar-refractivity contribution >= 4 is 0 Å². The van der Waals surface area contributed by atoms with Gasteiger partial charge < -0.3 is 14.2 Å². The third-order valence-corrected chi connectivity index (χ3v) is 2.85. The first-order chi connectivity index (χ1) is 8.85. The summed E-state index contributed by atoms with van der Waals surface area (Å²) in [5.41, 5.74) is 1.18. The molecule has 0 amide bonds. The molecule has 0 bridgehead atoms. The smallest absolute Gasteiger partial charge is 0.216 e. The van der Waals surface area contributed by atoms with Gasteiger partial charge in [-0.25, -0.2) is 0 Å². The van der Waals surface area contributed by atoms with Gasteiger partial charge in [-0.1, -0.05) is 30.3 Å². The first-order valence-corrected chi connectivity index (χ1v) is 6.50. The van der Waals surface area contributed by atoms with Crippen LogP contribution in [0.2, 0.25) is 0 Å². The van der Waals surface area contributed by atoms with Gasteiger partial charge in [0.05, 0.1) is 12.7 Å². The minimum atomic E-state index is -0.381. The molecule has 0 aliphatic carbocycles. The van der Waals surface area contributed by atoms with E-state index in [0.717, 1.165) is 12.2 Å². The van der Waals surface area contributed by atoms with Crippen LogP contribution in [0.25, 0.3) is 0 Å². The van der Waals surface area contributed by atoms with Crippen LogP contribution >= 0.6 is 0 Å². The highest BCUT2D eigenvalue weighted by Gasteiger charge is 2.27. The molecule has 0 radical (unpaired) electrons. The molecule has 0 aromatic heterocycles. The lowest BCUT2D eigenvalue weighted by atomic mass is 10.0. The maximum Gasteiger partial charge on any atom is 0.216 e. The monoisotopic (exact) mass is 248 g/mol. The molecule has 0 saturated heterocycles. The largest absolute Gasteiger partial charge is 0.493 e. The van der Waals surface area contributed by atoms with Gasteiger partial charge in [-0.15, -0.1) is 0 Å². The molecular formula is C15H20O3. The number of hydrogen-bond donors (Lipinski definition) is 0. The summed E-state index contributed by atoms with van der Waals surface area (Å²) in [5.74, 6) is 0.798. The number of benzene rings is 1. The van der Waals surface area contributed by atoms with E-state index < -0.39 is 0 Å². The Morgan fingerprint density at radius 3 is 2.61 bits per heavy atom. The molecular weight excluding hydrogens is 228 g/mol. The lowest BCUT2D eigenvalue weighted by Gasteiger charge is -2.30. The van der Waals surface area contributed by atoms with Crippen LogP contribution in [0.5, 0.6) is 0 Å². The molecule has 0 fully saturated rings. The van der Waals surface area contributed by atoms with E-state index in [1.165, 1.54) is 5.56 Å². The molecule has 0 N–H and O–H groups in total. The van der Waals surface area contributed by atoms with Crippen molar-refractivity contribution in [2.45, 2.75) is 32.7 Å². The lowest BCUT2D eigenvalue weighted by molar-refractivity contribution is -0.176. The van der Waals surface area contributed by atoms with Crippen LogP contribution in [0.3, 0.4) is 0 Å². The number of hydrogen-bond acceptors (Lipinski definition) is 3. The average Bonchev–Trinajstić information content (AvgIpc) is 2.42. The molecule has 3 nitrogen and oxygen atoms in total. The normalized spacial score (nSPS) is 23.6. The highest BCUT2D eigenvalue weighted by molar-refractivity contribution is 5.20. The fraction of sp³-hybridized carbons (Fsp3) is 0.467. The molecule has 0 saturated carbocycles. The average molecular weight is 248 g/mol. The second-order valence-electron chi connectivity index (χ2n) is 4.10. The van der Waals surface area contributed by atoms with Crippen LogP contribution in [0.4, 0.5) is 0 Å². The zero-order valence-corrected chi connectivity index (χ0v) is 11.0. The molecule has 1 aliphatic rings. The van der Waals surface area contributed by atoms with Gasteiger partial charge in [-0.3, -0.25) is 0 Å². The Morgan fingerprint density at radius 1 is 1.17 bits per heavy atom. The number of rotatable bonds is 5. The quantitative estimate of drug-likeness (QED) is 0.799. The van der Waals surface area contributed by atoms with Crippen LogP contribution < -0.4 is 0 Å². The van der Waals surface area contributed by atoms with Gasteiger partial charge in [0, 0.05) is 6.61 Å². The Hall–Kier alpha value is -1.32. The predicted octanol–water partition coefficient (Wildman–Crippen LogP) is 3.43. The maximum atomic E-state index is 5.96. The first-order valence-electron chi connectivity index (χ1n) is 6.50. The zero-order chi connectivity index (χ0) is 12.8. The Morgan fingerprint density at radius 2 is 1.94 bits per heavy atom. The predicted molar refractivity (Wildman–Crippen MR) is 70.0 cm³/mol. The molecule has 1 aliphatic heterocycles. The molecule has 0 unspecified atom stereocenters. The molecule has 1 aromatic carbocycles. The molecule has 2 rings (SSSR count). The SMILES string of the molecule is CCOC1=CC[C@@H](c2ccccc2)O[C@H]1OCC. The second kappa shape index (κ2) is 6.57. The fourth-order valence-corrected chi connectivity index (χ4v) is 2.04. The van der Waals surface area contributed by atoms with Crippen molar-refractivity contribution in [3.63, 3.8) is 0 Å². The van der Waals surface area contributed by atoms with Gasteiger partial charge in [-0.05, 0) is 31.9 Å². The van der Waals surface area contributed by atoms with Crippen LogP contribution in [0.15, 0.2) is 42.2 Å². The van der Waals surface area contributed by atoms with E-state index in [2.05, 4.69) is 18.2 Å².